The zero-order chi connectivity index (χ0) is 15.1. The Morgan fingerprint density at radius 1 is 1.19 bits per heavy atom. The average Bonchev–Trinajstić information content (AvgIpc) is 2.49. The molecule has 0 aromatic heterocycles. The Bertz CT molecular complexity index is 602. The summed E-state index contributed by atoms with van der Waals surface area (Å²) in [5, 5.41) is 7.68. The fourth-order valence-electron chi connectivity index (χ4n) is 1.70. The number of halogens is 1. The van der Waals surface area contributed by atoms with Crippen molar-refractivity contribution in [2.75, 3.05) is 17.6 Å². The summed E-state index contributed by atoms with van der Waals surface area (Å²) in [4.78, 5) is 1.27. The molecular formula is C16H17ClN2S2. The van der Waals surface area contributed by atoms with E-state index in [-0.39, 0.29) is 0 Å². The van der Waals surface area contributed by atoms with Crippen LogP contribution in [-0.2, 0) is 0 Å². The summed E-state index contributed by atoms with van der Waals surface area (Å²) < 4.78 is 0. The van der Waals surface area contributed by atoms with Gasteiger partial charge >= 0.3 is 0 Å². The standard InChI is InChI=1S/C16H17ClN2S2/c1-12-7-8-13(11-15(12)17)19-16(20)18-9-10-21-14-5-3-2-4-6-14/h2-8,11H,9-10H2,1H3,(H2,18,19,20). The number of hydrogen-bond acceptors (Lipinski definition) is 2. The molecule has 2 N–H and O–H groups in total. The fourth-order valence-corrected chi connectivity index (χ4v) is 2.89. The SMILES string of the molecule is Cc1ccc(NC(=S)NCCSc2ccccc2)cc1Cl. The normalized spacial score (nSPS) is 10.2. The van der Waals surface area contributed by atoms with E-state index in [0.29, 0.717) is 5.11 Å². The third-order valence-corrected chi connectivity index (χ3v) is 4.50. The molecule has 0 heterocycles. The smallest absolute Gasteiger partial charge is 0.170 e. The molecule has 0 aliphatic rings. The molecule has 110 valence electrons. The minimum atomic E-state index is 0.614. The molecule has 0 bridgehead atoms. The summed E-state index contributed by atoms with van der Waals surface area (Å²) in [6.07, 6.45) is 0. The second kappa shape index (κ2) is 8.27. The molecule has 0 aliphatic carbocycles. The van der Waals surface area contributed by atoms with Crippen LogP contribution in [0.4, 0.5) is 5.69 Å². The molecule has 0 aliphatic heterocycles. The molecular weight excluding hydrogens is 320 g/mol. The van der Waals surface area contributed by atoms with Crippen molar-refractivity contribution in [3.8, 4) is 0 Å². The van der Waals surface area contributed by atoms with E-state index < -0.39 is 0 Å². The topological polar surface area (TPSA) is 24.1 Å². The lowest BCUT2D eigenvalue weighted by atomic mass is 10.2. The van der Waals surface area contributed by atoms with Gasteiger partial charge in [0.1, 0.15) is 0 Å². The van der Waals surface area contributed by atoms with Gasteiger partial charge in [0, 0.05) is 27.9 Å². The van der Waals surface area contributed by atoms with Crippen molar-refractivity contribution in [3.05, 3.63) is 59.1 Å². The molecule has 0 saturated heterocycles. The van der Waals surface area contributed by atoms with Crippen molar-refractivity contribution < 1.29 is 0 Å². The Kier molecular flexibility index (Phi) is 6.36. The van der Waals surface area contributed by atoms with Gasteiger partial charge in [-0.25, -0.2) is 0 Å². The molecule has 0 unspecified atom stereocenters. The summed E-state index contributed by atoms with van der Waals surface area (Å²) >= 11 is 13.2. The van der Waals surface area contributed by atoms with Gasteiger partial charge in [0.2, 0.25) is 0 Å². The Morgan fingerprint density at radius 3 is 2.67 bits per heavy atom. The van der Waals surface area contributed by atoms with Crippen molar-refractivity contribution in [2.24, 2.45) is 0 Å². The lowest BCUT2D eigenvalue weighted by molar-refractivity contribution is 0.990. The molecule has 2 nitrogen and oxygen atoms in total. The van der Waals surface area contributed by atoms with Crippen molar-refractivity contribution in [1.29, 1.82) is 0 Å². The molecule has 2 aromatic carbocycles. The highest BCUT2D eigenvalue weighted by Gasteiger charge is 2.00. The van der Waals surface area contributed by atoms with E-state index in [2.05, 4.69) is 22.8 Å². The van der Waals surface area contributed by atoms with E-state index in [1.54, 1.807) is 11.8 Å². The zero-order valence-corrected chi connectivity index (χ0v) is 14.1. The first-order valence-electron chi connectivity index (χ1n) is 6.64. The molecule has 0 saturated carbocycles. The van der Waals surface area contributed by atoms with Crippen LogP contribution in [0.3, 0.4) is 0 Å². The molecule has 0 atom stereocenters. The third-order valence-electron chi connectivity index (χ3n) is 2.83. The number of hydrogen-bond donors (Lipinski definition) is 2. The largest absolute Gasteiger partial charge is 0.362 e. The number of anilines is 1. The molecule has 0 amide bonds. The maximum atomic E-state index is 6.08. The fraction of sp³-hybridized carbons (Fsp3) is 0.188. The lowest BCUT2D eigenvalue weighted by Gasteiger charge is -2.11. The molecule has 2 aromatic rings. The van der Waals surface area contributed by atoms with Crippen LogP contribution in [0.1, 0.15) is 5.56 Å². The zero-order valence-electron chi connectivity index (χ0n) is 11.7. The van der Waals surface area contributed by atoms with E-state index in [1.807, 2.05) is 43.3 Å². The summed E-state index contributed by atoms with van der Waals surface area (Å²) in [7, 11) is 0. The van der Waals surface area contributed by atoms with Crippen molar-refractivity contribution >= 4 is 46.4 Å². The van der Waals surface area contributed by atoms with Crippen LogP contribution < -0.4 is 10.6 Å². The van der Waals surface area contributed by atoms with Crippen LogP contribution in [-0.4, -0.2) is 17.4 Å². The average molecular weight is 337 g/mol. The summed E-state index contributed by atoms with van der Waals surface area (Å²) in [6.45, 7) is 2.79. The monoisotopic (exact) mass is 336 g/mol. The molecule has 0 fully saturated rings. The molecule has 2 rings (SSSR count). The predicted molar refractivity (Wildman–Crippen MR) is 97.6 cm³/mol. The van der Waals surface area contributed by atoms with Gasteiger partial charge in [0.05, 0.1) is 0 Å². The molecule has 21 heavy (non-hydrogen) atoms. The van der Waals surface area contributed by atoms with Gasteiger partial charge in [-0.1, -0.05) is 35.9 Å². The van der Waals surface area contributed by atoms with E-state index in [4.69, 9.17) is 23.8 Å². The number of nitrogens with one attached hydrogen (secondary N) is 2. The highest BCUT2D eigenvalue weighted by atomic mass is 35.5. The van der Waals surface area contributed by atoms with Gasteiger partial charge in [-0.05, 0) is 49.0 Å². The summed E-state index contributed by atoms with van der Waals surface area (Å²) in [6, 6.07) is 16.1. The Labute approximate surface area is 140 Å². The first-order chi connectivity index (χ1) is 10.1. The van der Waals surface area contributed by atoms with Gasteiger partial charge in [0.25, 0.3) is 0 Å². The number of aryl methyl sites for hydroxylation is 1. The van der Waals surface area contributed by atoms with Crippen LogP contribution in [0.15, 0.2) is 53.4 Å². The lowest BCUT2D eigenvalue weighted by Crippen LogP contribution is -2.30. The Hall–Kier alpha value is -1.23. The van der Waals surface area contributed by atoms with Gasteiger partial charge in [-0.15, -0.1) is 11.8 Å². The van der Waals surface area contributed by atoms with Gasteiger partial charge in [0.15, 0.2) is 5.11 Å². The second-order valence-corrected chi connectivity index (χ2v) is 6.49. The van der Waals surface area contributed by atoms with Gasteiger partial charge in [-0.2, -0.15) is 0 Å². The van der Waals surface area contributed by atoms with Crippen LogP contribution >= 0.6 is 35.6 Å². The van der Waals surface area contributed by atoms with Gasteiger partial charge < -0.3 is 10.6 Å². The summed E-state index contributed by atoms with van der Waals surface area (Å²) in [5.74, 6) is 0.959. The molecule has 5 heteroatoms. The quantitative estimate of drug-likeness (QED) is 0.468. The Balaban J connectivity index is 1.71. The van der Waals surface area contributed by atoms with Gasteiger partial charge in [-0.3, -0.25) is 0 Å². The van der Waals surface area contributed by atoms with Crippen LogP contribution in [0.5, 0.6) is 0 Å². The van der Waals surface area contributed by atoms with Crippen LogP contribution in [0, 0.1) is 6.92 Å². The minimum Gasteiger partial charge on any atom is -0.362 e. The number of thioether (sulfide) groups is 1. The first kappa shape index (κ1) is 16.1. The van der Waals surface area contributed by atoms with Crippen molar-refractivity contribution in [2.45, 2.75) is 11.8 Å². The van der Waals surface area contributed by atoms with E-state index in [9.17, 15) is 0 Å². The number of thiocarbonyl (C=S) groups is 1. The highest BCUT2D eigenvalue weighted by molar-refractivity contribution is 7.99. The first-order valence-corrected chi connectivity index (χ1v) is 8.41. The van der Waals surface area contributed by atoms with E-state index in [1.165, 1.54) is 4.90 Å². The van der Waals surface area contributed by atoms with Crippen molar-refractivity contribution in [3.63, 3.8) is 0 Å². The van der Waals surface area contributed by atoms with Crippen LogP contribution in [0.25, 0.3) is 0 Å². The summed E-state index contributed by atoms with van der Waals surface area (Å²) in [5.41, 5.74) is 1.96. The van der Waals surface area contributed by atoms with E-state index in [0.717, 1.165) is 28.6 Å². The maximum Gasteiger partial charge on any atom is 0.170 e. The maximum absolute atomic E-state index is 6.08. The van der Waals surface area contributed by atoms with Crippen molar-refractivity contribution in [1.82, 2.24) is 5.32 Å². The highest BCUT2D eigenvalue weighted by Crippen LogP contribution is 2.20. The predicted octanol–water partition coefficient (Wildman–Crippen LogP) is 4.73. The minimum absolute atomic E-state index is 0.614. The molecule has 0 radical (unpaired) electrons. The second-order valence-electron chi connectivity index (χ2n) is 4.51. The number of benzene rings is 2. The van der Waals surface area contributed by atoms with E-state index >= 15 is 0 Å². The number of rotatable bonds is 5. The third kappa shape index (κ3) is 5.58. The van der Waals surface area contributed by atoms with Crippen LogP contribution in [0.2, 0.25) is 5.02 Å². The Morgan fingerprint density at radius 2 is 1.95 bits per heavy atom. The molecule has 0 spiro atoms.